The van der Waals surface area contributed by atoms with Gasteiger partial charge in [-0.15, -0.1) is 0 Å². The number of nitrogens with zero attached hydrogens (tertiary/aromatic N) is 3. The van der Waals surface area contributed by atoms with Crippen molar-refractivity contribution < 1.29 is 0 Å². The molecule has 1 saturated carbocycles. The van der Waals surface area contributed by atoms with Gasteiger partial charge in [-0.2, -0.15) is 5.10 Å². The van der Waals surface area contributed by atoms with E-state index in [0.717, 1.165) is 24.3 Å². The zero-order valence-electron chi connectivity index (χ0n) is 15.3. The van der Waals surface area contributed by atoms with Gasteiger partial charge >= 0.3 is 0 Å². The van der Waals surface area contributed by atoms with Crippen LogP contribution in [0.5, 0.6) is 0 Å². The highest BCUT2D eigenvalue weighted by molar-refractivity contribution is 5.21. The average Bonchev–Trinajstić information content (AvgIpc) is 3.25. The zero-order chi connectivity index (χ0) is 16.4. The number of aromatic amines is 1. The van der Waals surface area contributed by atoms with E-state index in [-0.39, 0.29) is 0 Å². The molecular formula is C20H34N4. The summed E-state index contributed by atoms with van der Waals surface area (Å²) in [4.78, 5) is 5.19. The smallest absolute Gasteiger partial charge is 0.0535 e. The maximum absolute atomic E-state index is 4.39. The molecule has 0 spiro atoms. The van der Waals surface area contributed by atoms with E-state index < -0.39 is 0 Å². The third-order valence-corrected chi connectivity index (χ3v) is 6.89. The van der Waals surface area contributed by atoms with Gasteiger partial charge in [-0.3, -0.25) is 10.00 Å². The first-order valence-corrected chi connectivity index (χ1v) is 10.2. The van der Waals surface area contributed by atoms with E-state index in [4.69, 9.17) is 0 Å². The van der Waals surface area contributed by atoms with Gasteiger partial charge in [-0.1, -0.05) is 19.3 Å². The predicted molar refractivity (Wildman–Crippen MR) is 98.0 cm³/mol. The largest absolute Gasteiger partial charge is 0.306 e. The molecule has 4 rings (SSSR count). The molecule has 1 N–H and O–H groups in total. The summed E-state index contributed by atoms with van der Waals surface area (Å²) in [6.07, 6.45) is 13.2. The third kappa shape index (κ3) is 3.70. The highest BCUT2D eigenvalue weighted by Gasteiger charge is 2.31. The molecule has 1 aromatic rings. The van der Waals surface area contributed by atoms with E-state index in [2.05, 4.69) is 33.2 Å². The molecule has 24 heavy (non-hydrogen) atoms. The second kappa shape index (κ2) is 7.57. The van der Waals surface area contributed by atoms with E-state index in [9.17, 15) is 0 Å². The predicted octanol–water partition coefficient (Wildman–Crippen LogP) is 3.62. The Balaban J connectivity index is 1.30. The third-order valence-electron chi connectivity index (χ3n) is 6.89. The van der Waals surface area contributed by atoms with Crippen molar-refractivity contribution >= 4 is 0 Å². The van der Waals surface area contributed by atoms with Gasteiger partial charge in [0, 0.05) is 30.3 Å². The Morgan fingerprint density at radius 2 is 1.75 bits per heavy atom. The van der Waals surface area contributed by atoms with Crippen LogP contribution in [0, 0.1) is 11.8 Å². The van der Waals surface area contributed by atoms with Crippen LogP contribution in [0.25, 0.3) is 0 Å². The summed E-state index contributed by atoms with van der Waals surface area (Å²) >= 11 is 0. The maximum atomic E-state index is 4.39. The lowest BCUT2D eigenvalue weighted by Gasteiger charge is -2.35. The minimum Gasteiger partial charge on any atom is -0.306 e. The standard InChI is InChI=1S/C20H34N4/c1-23-10-7-18(14-23)16-8-11-24(12-9-16)15-19-13-21-22-20(19)17-5-3-2-4-6-17/h13,16-18H,2-12,14-15H2,1H3,(H,21,22)/t18-/m0/s1. The van der Waals surface area contributed by atoms with Gasteiger partial charge < -0.3 is 4.90 Å². The molecule has 1 aliphatic carbocycles. The van der Waals surface area contributed by atoms with Crippen molar-refractivity contribution in [3.63, 3.8) is 0 Å². The lowest BCUT2D eigenvalue weighted by atomic mass is 9.83. The SMILES string of the molecule is CN1CC[C@H](C2CCN(Cc3cn[nH]c3C3CCCCC3)CC2)C1. The van der Waals surface area contributed by atoms with Crippen LogP contribution < -0.4 is 0 Å². The van der Waals surface area contributed by atoms with Crippen molar-refractivity contribution in [2.45, 2.75) is 63.8 Å². The second-order valence-electron chi connectivity index (χ2n) is 8.57. The van der Waals surface area contributed by atoms with Gasteiger partial charge in [0.15, 0.2) is 0 Å². The molecular weight excluding hydrogens is 296 g/mol. The highest BCUT2D eigenvalue weighted by atomic mass is 15.2. The highest BCUT2D eigenvalue weighted by Crippen LogP contribution is 2.35. The van der Waals surface area contributed by atoms with Gasteiger partial charge in [0.1, 0.15) is 0 Å². The molecule has 0 amide bonds. The molecule has 3 fully saturated rings. The molecule has 0 unspecified atom stereocenters. The number of rotatable bonds is 4. The Bertz CT molecular complexity index is 511. The first kappa shape index (κ1) is 16.6. The summed E-state index contributed by atoms with van der Waals surface area (Å²) in [5.74, 6) is 2.67. The van der Waals surface area contributed by atoms with Crippen LogP contribution in [0.3, 0.4) is 0 Å². The number of hydrogen-bond donors (Lipinski definition) is 1. The Hall–Kier alpha value is -0.870. The second-order valence-corrected chi connectivity index (χ2v) is 8.57. The molecule has 4 heteroatoms. The minimum atomic E-state index is 0.739. The number of aromatic nitrogens is 2. The first-order chi connectivity index (χ1) is 11.8. The minimum absolute atomic E-state index is 0.739. The molecule has 1 atom stereocenters. The molecule has 134 valence electrons. The van der Waals surface area contributed by atoms with E-state index in [1.54, 1.807) is 0 Å². The summed E-state index contributed by atoms with van der Waals surface area (Å²) in [5, 5.41) is 7.73. The molecule has 1 aromatic heterocycles. The topological polar surface area (TPSA) is 35.2 Å². The first-order valence-electron chi connectivity index (χ1n) is 10.2. The molecule has 2 aliphatic heterocycles. The van der Waals surface area contributed by atoms with E-state index in [0.29, 0.717) is 0 Å². The lowest BCUT2D eigenvalue weighted by molar-refractivity contribution is 0.142. The number of H-pyrrole nitrogens is 1. The van der Waals surface area contributed by atoms with E-state index >= 15 is 0 Å². The van der Waals surface area contributed by atoms with Crippen LogP contribution in [0.15, 0.2) is 6.20 Å². The van der Waals surface area contributed by atoms with Crippen molar-refractivity contribution in [3.8, 4) is 0 Å². The average molecular weight is 331 g/mol. The van der Waals surface area contributed by atoms with Crippen LogP contribution in [0.1, 0.15) is 68.5 Å². The summed E-state index contributed by atoms with van der Waals surface area (Å²) in [7, 11) is 2.28. The molecule has 0 bridgehead atoms. The van der Waals surface area contributed by atoms with Crippen LogP contribution in [0.2, 0.25) is 0 Å². The summed E-state index contributed by atoms with van der Waals surface area (Å²) in [6.45, 7) is 6.31. The number of piperidine rings is 1. The summed E-state index contributed by atoms with van der Waals surface area (Å²) in [5.41, 5.74) is 2.93. The quantitative estimate of drug-likeness (QED) is 0.916. The fourth-order valence-corrected chi connectivity index (χ4v) is 5.37. The molecule has 3 heterocycles. The number of hydrogen-bond acceptors (Lipinski definition) is 3. The van der Waals surface area contributed by atoms with Crippen LogP contribution >= 0.6 is 0 Å². The van der Waals surface area contributed by atoms with Crippen molar-refractivity contribution in [2.75, 3.05) is 33.2 Å². The Labute approximate surface area is 147 Å². The Kier molecular flexibility index (Phi) is 5.23. The number of nitrogens with one attached hydrogen (secondary N) is 1. The molecule has 2 saturated heterocycles. The lowest BCUT2D eigenvalue weighted by Crippen LogP contribution is -2.36. The van der Waals surface area contributed by atoms with Crippen molar-refractivity contribution in [3.05, 3.63) is 17.5 Å². The fourth-order valence-electron chi connectivity index (χ4n) is 5.37. The molecule has 4 nitrogen and oxygen atoms in total. The maximum Gasteiger partial charge on any atom is 0.0535 e. The van der Waals surface area contributed by atoms with E-state index in [1.807, 2.05) is 0 Å². The molecule has 0 radical (unpaired) electrons. The van der Waals surface area contributed by atoms with Gasteiger partial charge in [0.25, 0.3) is 0 Å². The van der Waals surface area contributed by atoms with Gasteiger partial charge in [0.05, 0.1) is 6.20 Å². The van der Waals surface area contributed by atoms with Crippen LogP contribution in [-0.4, -0.2) is 53.2 Å². The monoisotopic (exact) mass is 330 g/mol. The summed E-state index contributed by atoms with van der Waals surface area (Å²) < 4.78 is 0. The van der Waals surface area contributed by atoms with Gasteiger partial charge in [-0.25, -0.2) is 0 Å². The summed E-state index contributed by atoms with van der Waals surface area (Å²) in [6, 6.07) is 0. The number of likely N-dealkylation sites (tertiary alicyclic amines) is 2. The normalized spacial score (nSPS) is 28.6. The Morgan fingerprint density at radius 1 is 1.00 bits per heavy atom. The van der Waals surface area contributed by atoms with Gasteiger partial charge in [0.2, 0.25) is 0 Å². The zero-order valence-corrected chi connectivity index (χ0v) is 15.3. The molecule has 3 aliphatic rings. The van der Waals surface area contributed by atoms with Crippen molar-refractivity contribution in [1.82, 2.24) is 20.0 Å². The van der Waals surface area contributed by atoms with Gasteiger partial charge in [-0.05, 0) is 70.6 Å². The van der Waals surface area contributed by atoms with Crippen molar-refractivity contribution in [1.29, 1.82) is 0 Å². The van der Waals surface area contributed by atoms with Crippen LogP contribution in [0.4, 0.5) is 0 Å². The Morgan fingerprint density at radius 3 is 2.46 bits per heavy atom. The van der Waals surface area contributed by atoms with E-state index in [1.165, 1.54) is 88.8 Å². The van der Waals surface area contributed by atoms with Crippen molar-refractivity contribution in [2.24, 2.45) is 11.8 Å². The fraction of sp³-hybridized carbons (Fsp3) is 0.850. The van der Waals surface area contributed by atoms with Crippen LogP contribution in [-0.2, 0) is 6.54 Å². The molecule has 0 aromatic carbocycles.